The first kappa shape index (κ1) is 18.4. The van der Waals surface area contributed by atoms with Crippen LogP contribution in [0.5, 0.6) is 0 Å². The number of fused-ring (bicyclic) bond motifs is 1. The first-order valence-electron chi connectivity index (χ1n) is 10.1. The van der Waals surface area contributed by atoms with Crippen molar-refractivity contribution in [1.82, 2.24) is 20.5 Å². The van der Waals surface area contributed by atoms with Gasteiger partial charge in [0.2, 0.25) is 0 Å². The van der Waals surface area contributed by atoms with Crippen molar-refractivity contribution in [2.24, 2.45) is 0 Å². The van der Waals surface area contributed by atoms with Gasteiger partial charge in [-0.25, -0.2) is 4.39 Å². The number of aromatic amines is 2. The molecule has 0 unspecified atom stereocenters. The van der Waals surface area contributed by atoms with Gasteiger partial charge >= 0.3 is 0 Å². The van der Waals surface area contributed by atoms with Crippen molar-refractivity contribution >= 4 is 22.6 Å². The maximum absolute atomic E-state index is 13.2. The number of hydrogen-bond donors (Lipinski definition) is 3. The molecule has 2 aromatic carbocycles. The molecular formula is C23H22FN5O. The summed E-state index contributed by atoms with van der Waals surface area (Å²) in [7, 11) is 0. The predicted molar refractivity (Wildman–Crippen MR) is 115 cm³/mol. The molecule has 1 amide bonds. The summed E-state index contributed by atoms with van der Waals surface area (Å²) in [4.78, 5) is 18.1. The molecule has 5 rings (SSSR count). The molecule has 1 fully saturated rings. The molecule has 7 heteroatoms. The van der Waals surface area contributed by atoms with Crippen LogP contribution in [-0.4, -0.2) is 40.2 Å². The van der Waals surface area contributed by atoms with Gasteiger partial charge in [-0.1, -0.05) is 6.07 Å². The number of hydrogen-bond acceptors (Lipinski definition) is 3. The zero-order valence-corrected chi connectivity index (χ0v) is 16.4. The van der Waals surface area contributed by atoms with Gasteiger partial charge in [-0.05, 0) is 66.3 Å². The average Bonchev–Trinajstić information content (AvgIpc) is 3.44. The second-order valence-electron chi connectivity index (χ2n) is 7.69. The molecular weight excluding hydrogens is 381 g/mol. The van der Waals surface area contributed by atoms with E-state index in [0.717, 1.165) is 47.4 Å². The van der Waals surface area contributed by atoms with E-state index in [4.69, 9.17) is 0 Å². The number of anilines is 1. The van der Waals surface area contributed by atoms with E-state index in [0.29, 0.717) is 12.1 Å². The third kappa shape index (κ3) is 3.66. The van der Waals surface area contributed by atoms with Gasteiger partial charge in [-0.2, -0.15) is 5.10 Å². The lowest BCUT2D eigenvalue weighted by atomic mass is 10.0. The number of H-pyrrole nitrogens is 2. The normalized spacial score (nSPS) is 16.7. The molecule has 1 aliphatic heterocycles. The zero-order chi connectivity index (χ0) is 20.5. The third-order valence-electron chi connectivity index (χ3n) is 5.62. The summed E-state index contributed by atoms with van der Waals surface area (Å²) in [5.41, 5.74) is 3.34. The Labute approximate surface area is 173 Å². The van der Waals surface area contributed by atoms with Crippen molar-refractivity contribution in [3.05, 3.63) is 72.2 Å². The Morgan fingerprint density at radius 2 is 2.00 bits per heavy atom. The molecule has 4 aromatic rings. The molecule has 0 radical (unpaired) electrons. The fourth-order valence-corrected chi connectivity index (χ4v) is 4.01. The smallest absolute Gasteiger partial charge is 0.251 e. The number of rotatable bonds is 4. The highest BCUT2D eigenvalue weighted by atomic mass is 19.1. The highest BCUT2D eigenvalue weighted by Gasteiger charge is 2.24. The van der Waals surface area contributed by atoms with Gasteiger partial charge < -0.3 is 15.2 Å². The van der Waals surface area contributed by atoms with Crippen LogP contribution in [0.4, 0.5) is 10.2 Å². The average molecular weight is 403 g/mol. The number of benzene rings is 2. The van der Waals surface area contributed by atoms with Crippen LogP contribution in [0.25, 0.3) is 22.2 Å². The minimum Gasteiger partial charge on any atom is -0.361 e. The monoisotopic (exact) mass is 403 g/mol. The van der Waals surface area contributed by atoms with E-state index in [1.807, 2.05) is 36.5 Å². The topological polar surface area (TPSA) is 76.8 Å². The van der Waals surface area contributed by atoms with E-state index in [-0.39, 0.29) is 17.8 Å². The molecule has 3 heterocycles. The van der Waals surface area contributed by atoms with Gasteiger partial charge in [0, 0.05) is 42.5 Å². The largest absolute Gasteiger partial charge is 0.361 e. The Morgan fingerprint density at radius 3 is 2.87 bits per heavy atom. The number of amides is 1. The van der Waals surface area contributed by atoms with Crippen LogP contribution in [-0.2, 0) is 0 Å². The van der Waals surface area contributed by atoms with Gasteiger partial charge in [0.15, 0.2) is 5.82 Å². The van der Waals surface area contributed by atoms with Crippen LogP contribution in [0, 0.1) is 5.82 Å². The van der Waals surface area contributed by atoms with Crippen LogP contribution in [0.2, 0.25) is 0 Å². The fraction of sp³-hybridized carbons (Fsp3) is 0.217. The van der Waals surface area contributed by atoms with Crippen molar-refractivity contribution in [3.63, 3.8) is 0 Å². The Balaban J connectivity index is 1.26. The maximum Gasteiger partial charge on any atom is 0.251 e. The number of carbonyl (C=O) groups is 1. The lowest BCUT2D eigenvalue weighted by Gasteiger charge is -2.33. The molecule has 0 saturated carbocycles. The van der Waals surface area contributed by atoms with E-state index in [1.165, 1.54) is 12.1 Å². The third-order valence-corrected chi connectivity index (χ3v) is 5.62. The minimum absolute atomic E-state index is 0.0524. The highest BCUT2D eigenvalue weighted by molar-refractivity contribution is 5.98. The summed E-state index contributed by atoms with van der Waals surface area (Å²) in [6.45, 7) is 1.58. The molecule has 6 nitrogen and oxygen atoms in total. The lowest BCUT2D eigenvalue weighted by molar-refractivity contribution is 0.0933. The van der Waals surface area contributed by atoms with Crippen molar-refractivity contribution in [1.29, 1.82) is 0 Å². The second kappa shape index (κ2) is 7.67. The maximum atomic E-state index is 13.2. The summed E-state index contributed by atoms with van der Waals surface area (Å²) in [6.07, 6.45) is 3.77. The van der Waals surface area contributed by atoms with E-state index < -0.39 is 0 Å². The SMILES string of the molecule is O=C(N[C@H]1CCCN(c2cc(-c3ccc(F)cc3)[nH]n2)C1)c1ccc2cc[nH]c2c1. The molecule has 1 atom stereocenters. The molecule has 1 aliphatic rings. The number of carbonyl (C=O) groups excluding carboxylic acids is 1. The summed E-state index contributed by atoms with van der Waals surface area (Å²) >= 11 is 0. The number of piperidine rings is 1. The zero-order valence-electron chi connectivity index (χ0n) is 16.4. The summed E-state index contributed by atoms with van der Waals surface area (Å²) in [5, 5.41) is 11.7. The molecule has 152 valence electrons. The van der Waals surface area contributed by atoms with Crippen molar-refractivity contribution in [2.75, 3.05) is 18.0 Å². The number of nitrogens with one attached hydrogen (secondary N) is 3. The summed E-state index contributed by atoms with van der Waals surface area (Å²) < 4.78 is 13.2. The van der Waals surface area contributed by atoms with E-state index >= 15 is 0 Å². The van der Waals surface area contributed by atoms with Crippen molar-refractivity contribution < 1.29 is 9.18 Å². The van der Waals surface area contributed by atoms with E-state index in [1.54, 1.807) is 12.1 Å². The predicted octanol–water partition coefficient (Wildman–Crippen LogP) is 4.10. The van der Waals surface area contributed by atoms with E-state index in [2.05, 4.69) is 25.4 Å². The van der Waals surface area contributed by atoms with Crippen LogP contribution in [0.1, 0.15) is 23.2 Å². The first-order chi connectivity index (χ1) is 14.7. The van der Waals surface area contributed by atoms with Crippen molar-refractivity contribution in [3.8, 4) is 11.3 Å². The molecule has 1 saturated heterocycles. The Bertz CT molecular complexity index is 1180. The number of nitrogens with zero attached hydrogens (tertiary/aromatic N) is 2. The first-order valence-corrected chi connectivity index (χ1v) is 10.1. The molecule has 0 spiro atoms. The van der Waals surface area contributed by atoms with Crippen LogP contribution in [0.3, 0.4) is 0 Å². The van der Waals surface area contributed by atoms with Gasteiger partial charge in [-0.15, -0.1) is 0 Å². The number of halogens is 1. The lowest BCUT2D eigenvalue weighted by Crippen LogP contribution is -2.48. The minimum atomic E-state index is -0.261. The fourth-order valence-electron chi connectivity index (χ4n) is 4.01. The molecule has 0 aliphatic carbocycles. The van der Waals surface area contributed by atoms with Crippen LogP contribution >= 0.6 is 0 Å². The van der Waals surface area contributed by atoms with Gasteiger partial charge in [0.05, 0.1) is 5.69 Å². The molecule has 3 N–H and O–H groups in total. The quantitative estimate of drug-likeness (QED) is 0.480. The van der Waals surface area contributed by atoms with Crippen molar-refractivity contribution in [2.45, 2.75) is 18.9 Å². The summed E-state index contributed by atoms with van der Waals surface area (Å²) in [5.74, 6) is 0.511. The summed E-state index contributed by atoms with van der Waals surface area (Å²) in [6, 6.07) is 16.0. The molecule has 0 bridgehead atoms. The van der Waals surface area contributed by atoms with Gasteiger partial charge in [0.1, 0.15) is 5.82 Å². The standard InChI is InChI=1S/C23H22FN5O/c24-18-7-5-15(6-8-18)21-13-22(28-27-21)29-11-1-2-19(14-29)26-23(30)17-4-3-16-9-10-25-20(16)12-17/h3-10,12-13,19,25H,1-2,11,14H2,(H,26,30)(H,27,28)/t19-/m0/s1. The van der Waals surface area contributed by atoms with Crippen LogP contribution in [0.15, 0.2) is 60.8 Å². The Hall–Kier alpha value is -3.61. The van der Waals surface area contributed by atoms with Crippen LogP contribution < -0.4 is 10.2 Å². The number of aromatic nitrogens is 3. The van der Waals surface area contributed by atoms with Gasteiger partial charge in [0.25, 0.3) is 5.91 Å². The highest BCUT2D eigenvalue weighted by Crippen LogP contribution is 2.24. The van der Waals surface area contributed by atoms with E-state index in [9.17, 15) is 9.18 Å². The van der Waals surface area contributed by atoms with Gasteiger partial charge in [-0.3, -0.25) is 9.89 Å². The Kier molecular flexibility index (Phi) is 4.71. The second-order valence-corrected chi connectivity index (χ2v) is 7.69. The Morgan fingerprint density at radius 1 is 1.13 bits per heavy atom. The molecule has 2 aromatic heterocycles. The molecule has 30 heavy (non-hydrogen) atoms.